The van der Waals surface area contributed by atoms with Crippen molar-refractivity contribution < 1.29 is 4.79 Å². The fourth-order valence-corrected chi connectivity index (χ4v) is 1.53. The van der Waals surface area contributed by atoms with E-state index in [2.05, 4.69) is 0 Å². The number of nitrogens with two attached hydrogens (primary N) is 2. The molecular weight excluding hydrogens is 176 g/mol. The molecule has 76 valence electrons. The van der Waals surface area contributed by atoms with E-state index in [1.165, 1.54) is 0 Å². The number of carbonyl (C=O) groups is 1. The molecule has 3 nitrogen and oxygen atoms in total. The van der Waals surface area contributed by atoms with Gasteiger partial charge >= 0.3 is 0 Å². The molecular formula is C11H16N2O. The summed E-state index contributed by atoms with van der Waals surface area (Å²) in [5, 5.41) is 0. The lowest BCUT2D eigenvalue weighted by Crippen LogP contribution is -2.28. The van der Waals surface area contributed by atoms with Gasteiger partial charge in [0, 0.05) is 6.54 Å². The minimum absolute atomic E-state index is 0.264. The zero-order chi connectivity index (χ0) is 10.7. The Labute approximate surface area is 84.1 Å². The average Bonchev–Trinajstić information content (AvgIpc) is 2.11. The van der Waals surface area contributed by atoms with Crippen LogP contribution >= 0.6 is 0 Å². The van der Waals surface area contributed by atoms with Gasteiger partial charge in [0.2, 0.25) is 5.91 Å². The molecule has 0 aliphatic rings. The van der Waals surface area contributed by atoms with E-state index in [4.69, 9.17) is 11.5 Å². The van der Waals surface area contributed by atoms with Crippen molar-refractivity contribution in [2.45, 2.75) is 19.8 Å². The summed E-state index contributed by atoms with van der Waals surface area (Å²) in [5.74, 6) is -0.726. The maximum atomic E-state index is 11.1. The van der Waals surface area contributed by atoms with Crippen molar-refractivity contribution in [1.82, 2.24) is 0 Å². The van der Waals surface area contributed by atoms with Crippen molar-refractivity contribution in [2.75, 3.05) is 6.54 Å². The Morgan fingerprint density at radius 1 is 1.43 bits per heavy atom. The molecule has 0 saturated carbocycles. The van der Waals surface area contributed by atoms with E-state index in [0.717, 1.165) is 16.7 Å². The third-order valence-electron chi connectivity index (χ3n) is 2.39. The molecule has 1 amide bonds. The number of primary amides is 1. The first kappa shape index (κ1) is 10.7. The van der Waals surface area contributed by atoms with E-state index in [1.807, 2.05) is 32.0 Å². The fraction of sp³-hybridized carbons (Fsp3) is 0.364. The van der Waals surface area contributed by atoms with Gasteiger partial charge < -0.3 is 11.5 Å². The highest BCUT2D eigenvalue weighted by Gasteiger charge is 2.17. The summed E-state index contributed by atoms with van der Waals surface area (Å²) in [6.45, 7) is 4.21. The molecule has 0 aromatic heterocycles. The van der Waals surface area contributed by atoms with Crippen LogP contribution in [0.2, 0.25) is 0 Å². The summed E-state index contributed by atoms with van der Waals surface area (Å²) in [4.78, 5) is 11.1. The first-order chi connectivity index (χ1) is 6.56. The first-order valence-electron chi connectivity index (χ1n) is 4.62. The highest BCUT2D eigenvalue weighted by Crippen LogP contribution is 2.20. The number of amides is 1. The quantitative estimate of drug-likeness (QED) is 0.744. The van der Waals surface area contributed by atoms with Crippen molar-refractivity contribution in [3.05, 3.63) is 34.9 Å². The van der Waals surface area contributed by atoms with Gasteiger partial charge in [0.05, 0.1) is 5.92 Å². The van der Waals surface area contributed by atoms with E-state index in [0.29, 0.717) is 0 Å². The first-order valence-corrected chi connectivity index (χ1v) is 4.62. The second kappa shape index (κ2) is 4.24. The van der Waals surface area contributed by atoms with Gasteiger partial charge in [0.15, 0.2) is 0 Å². The number of benzene rings is 1. The van der Waals surface area contributed by atoms with E-state index in [-0.39, 0.29) is 18.4 Å². The van der Waals surface area contributed by atoms with Gasteiger partial charge in [-0.1, -0.05) is 23.8 Å². The summed E-state index contributed by atoms with van der Waals surface area (Å²) < 4.78 is 0. The maximum absolute atomic E-state index is 11.1. The van der Waals surface area contributed by atoms with Crippen molar-refractivity contribution in [3.8, 4) is 0 Å². The van der Waals surface area contributed by atoms with Gasteiger partial charge in [-0.25, -0.2) is 0 Å². The van der Waals surface area contributed by atoms with Crippen molar-refractivity contribution in [2.24, 2.45) is 11.5 Å². The molecule has 1 aromatic carbocycles. The minimum atomic E-state index is -0.366. The van der Waals surface area contributed by atoms with Crippen molar-refractivity contribution in [1.29, 1.82) is 0 Å². The average molecular weight is 192 g/mol. The van der Waals surface area contributed by atoms with E-state index in [1.54, 1.807) is 0 Å². The predicted molar refractivity (Wildman–Crippen MR) is 56.9 cm³/mol. The summed E-state index contributed by atoms with van der Waals surface area (Å²) in [5.41, 5.74) is 13.9. The smallest absolute Gasteiger partial charge is 0.226 e. The molecule has 0 aliphatic heterocycles. The molecule has 0 saturated heterocycles. The number of rotatable bonds is 3. The Kier molecular flexibility index (Phi) is 3.25. The van der Waals surface area contributed by atoms with Crippen LogP contribution in [0.3, 0.4) is 0 Å². The van der Waals surface area contributed by atoms with Gasteiger partial charge in [0.1, 0.15) is 0 Å². The lowest BCUT2D eigenvalue weighted by atomic mass is 9.93. The van der Waals surface area contributed by atoms with Crippen LogP contribution in [0.25, 0.3) is 0 Å². The van der Waals surface area contributed by atoms with Gasteiger partial charge in [-0.05, 0) is 25.0 Å². The van der Waals surface area contributed by atoms with E-state index < -0.39 is 0 Å². The Balaban J connectivity index is 3.15. The second-order valence-corrected chi connectivity index (χ2v) is 3.55. The van der Waals surface area contributed by atoms with Crippen LogP contribution in [0.5, 0.6) is 0 Å². The maximum Gasteiger partial charge on any atom is 0.226 e. The molecule has 4 N–H and O–H groups in total. The Hall–Kier alpha value is -1.35. The van der Waals surface area contributed by atoms with Gasteiger partial charge in [-0.15, -0.1) is 0 Å². The van der Waals surface area contributed by atoms with Crippen molar-refractivity contribution in [3.63, 3.8) is 0 Å². The fourth-order valence-electron chi connectivity index (χ4n) is 1.53. The SMILES string of the molecule is Cc1ccc(C)c(C(CN)C(N)=O)c1. The number of hydrogen-bond acceptors (Lipinski definition) is 2. The lowest BCUT2D eigenvalue weighted by Gasteiger charge is -2.14. The van der Waals surface area contributed by atoms with Crippen molar-refractivity contribution >= 4 is 5.91 Å². The largest absolute Gasteiger partial charge is 0.369 e. The van der Waals surface area contributed by atoms with E-state index in [9.17, 15) is 4.79 Å². The normalized spacial score (nSPS) is 12.5. The monoisotopic (exact) mass is 192 g/mol. The molecule has 0 aliphatic carbocycles. The summed E-state index contributed by atoms with van der Waals surface area (Å²) in [7, 11) is 0. The standard InChI is InChI=1S/C11H16N2O/c1-7-3-4-8(2)9(5-7)10(6-12)11(13)14/h3-5,10H,6,12H2,1-2H3,(H2,13,14). The van der Waals surface area contributed by atoms with Gasteiger partial charge in [-0.3, -0.25) is 4.79 Å². The van der Waals surface area contributed by atoms with Gasteiger partial charge in [-0.2, -0.15) is 0 Å². The molecule has 1 atom stereocenters. The third-order valence-corrected chi connectivity index (χ3v) is 2.39. The zero-order valence-corrected chi connectivity index (χ0v) is 8.58. The summed E-state index contributed by atoms with van der Waals surface area (Å²) in [6, 6.07) is 5.96. The summed E-state index contributed by atoms with van der Waals surface area (Å²) >= 11 is 0. The molecule has 1 rings (SSSR count). The molecule has 0 heterocycles. The highest BCUT2D eigenvalue weighted by molar-refractivity contribution is 5.82. The minimum Gasteiger partial charge on any atom is -0.369 e. The molecule has 1 unspecified atom stereocenters. The van der Waals surface area contributed by atoms with Crippen LogP contribution in [-0.4, -0.2) is 12.5 Å². The summed E-state index contributed by atoms with van der Waals surface area (Å²) in [6.07, 6.45) is 0. The van der Waals surface area contributed by atoms with Crippen LogP contribution in [0.4, 0.5) is 0 Å². The Morgan fingerprint density at radius 2 is 2.07 bits per heavy atom. The van der Waals surface area contributed by atoms with Crippen LogP contribution in [0.15, 0.2) is 18.2 Å². The molecule has 0 fully saturated rings. The predicted octanol–water partition coefficient (Wildman–Crippen LogP) is 0.831. The Morgan fingerprint density at radius 3 is 2.57 bits per heavy atom. The number of carbonyl (C=O) groups excluding carboxylic acids is 1. The van der Waals surface area contributed by atoms with Crippen LogP contribution in [0, 0.1) is 13.8 Å². The van der Waals surface area contributed by atoms with Crippen LogP contribution in [0.1, 0.15) is 22.6 Å². The van der Waals surface area contributed by atoms with Crippen LogP contribution < -0.4 is 11.5 Å². The zero-order valence-electron chi connectivity index (χ0n) is 8.58. The molecule has 0 radical (unpaired) electrons. The molecule has 3 heteroatoms. The third kappa shape index (κ3) is 2.12. The molecule has 1 aromatic rings. The highest BCUT2D eigenvalue weighted by atomic mass is 16.1. The lowest BCUT2D eigenvalue weighted by molar-refractivity contribution is -0.119. The topological polar surface area (TPSA) is 69.1 Å². The number of hydrogen-bond donors (Lipinski definition) is 2. The van der Waals surface area contributed by atoms with Gasteiger partial charge in [0.25, 0.3) is 0 Å². The van der Waals surface area contributed by atoms with Crippen LogP contribution in [-0.2, 0) is 4.79 Å². The molecule has 0 bridgehead atoms. The molecule has 0 spiro atoms. The van der Waals surface area contributed by atoms with E-state index >= 15 is 0 Å². The number of aryl methyl sites for hydroxylation is 2. The Bertz CT molecular complexity index is 347. The second-order valence-electron chi connectivity index (χ2n) is 3.55. The molecule has 14 heavy (non-hydrogen) atoms.